The lowest BCUT2D eigenvalue weighted by molar-refractivity contribution is -0.114. The number of hydrazone groups is 2. The second kappa shape index (κ2) is 8.47. The van der Waals surface area contributed by atoms with Crippen LogP contribution in [0.1, 0.15) is 23.1 Å². The molecule has 0 aromatic heterocycles. The molecule has 156 valence electrons. The van der Waals surface area contributed by atoms with Gasteiger partial charge in [-0.2, -0.15) is 10.2 Å². The molecule has 4 aromatic carbocycles. The molecule has 0 atom stereocenters. The lowest BCUT2D eigenvalue weighted by atomic mass is 9.80. The van der Waals surface area contributed by atoms with Crippen molar-refractivity contribution in [3.05, 3.63) is 120 Å². The number of nitrogens with one attached hydrogen (secondary N) is 2. The molecule has 5 nitrogen and oxygen atoms in total. The summed E-state index contributed by atoms with van der Waals surface area (Å²) in [7, 11) is 0. The van der Waals surface area contributed by atoms with Gasteiger partial charge in [-0.3, -0.25) is 10.2 Å². The van der Waals surface area contributed by atoms with E-state index >= 15 is 0 Å². The highest BCUT2D eigenvalue weighted by molar-refractivity contribution is 6.39. The molecule has 0 bridgehead atoms. The summed E-state index contributed by atoms with van der Waals surface area (Å²) in [5.74, 6) is -0.317. The first-order valence-corrected chi connectivity index (χ1v) is 10.5. The lowest BCUT2D eigenvalue weighted by Gasteiger charge is -2.30. The third kappa shape index (κ3) is 3.65. The molecule has 0 aliphatic carbocycles. The molecule has 1 amide bonds. The minimum atomic E-state index is -0.589. The van der Waals surface area contributed by atoms with Crippen molar-refractivity contribution in [1.82, 2.24) is 10.9 Å². The van der Waals surface area contributed by atoms with Crippen molar-refractivity contribution in [1.29, 1.82) is 0 Å². The molecular formula is C27H22N4O. The van der Waals surface area contributed by atoms with Crippen molar-refractivity contribution in [3.63, 3.8) is 0 Å². The molecule has 1 aliphatic rings. The maximum atomic E-state index is 12.9. The Kier molecular flexibility index (Phi) is 5.22. The zero-order valence-corrected chi connectivity index (χ0v) is 17.4. The van der Waals surface area contributed by atoms with Crippen LogP contribution in [0.5, 0.6) is 0 Å². The van der Waals surface area contributed by atoms with Gasteiger partial charge in [0.15, 0.2) is 0 Å². The number of benzene rings is 4. The van der Waals surface area contributed by atoms with Gasteiger partial charge in [0.25, 0.3) is 5.91 Å². The van der Waals surface area contributed by atoms with Gasteiger partial charge in [-0.05, 0) is 21.9 Å². The summed E-state index contributed by atoms with van der Waals surface area (Å²) < 4.78 is 0. The van der Waals surface area contributed by atoms with Gasteiger partial charge in [-0.1, -0.05) is 103 Å². The van der Waals surface area contributed by atoms with Crippen LogP contribution in [-0.4, -0.2) is 17.8 Å². The highest BCUT2D eigenvalue weighted by atomic mass is 16.2. The predicted octanol–water partition coefficient (Wildman–Crippen LogP) is 4.58. The van der Waals surface area contributed by atoms with Crippen LogP contribution in [-0.2, 0) is 10.3 Å². The van der Waals surface area contributed by atoms with Gasteiger partial charge in [0.1, 0.15) is 11.3 Å². The fourth-order valence-corrected chi connectivity index (χ4v) is 4.16. The maximum absolute atomic E-state index is 12.9. The second-order valence-electron chi connectivity index (χ2n) is 7.75. The van der Waals surface area contributed by atoms with Crippen LogP contribution < -0.4 is 10.9 Å². The number of nitrogens with zero attached hydrogens (tertiary/aromatic N) is 2. The number of carbonyl (C=O) groups is 1. The third-order valence-corrected chi connectivity index (χ3v) is 5.80. The van der Waals surface area contributed by atoms with Crippen LogP contribution in [0.3, 0.4) is 0 Å². The summed E-state index contributed by atoms with van der Waals surface area (Å²) in [4.78, 5) is 12.9. The van der Waals surface area contributed by atoms with E-state index in [1.54, 1.807) is 6.21 Å². The van der Waals surface area contributed by atoms with Crippen LogP contribution in [0.4, 0.5) is 0 Å². The summed E-state index contributed by atoms with van der Waals surface area (Å²) in [6, 6.07) is 34.2. The largest absolute Gasteiger partial charge is 0.294 e. The average molecular weight is 419 g/mol. The van der Waals surface area contributed by atoms with E-state index in [1.807, 2.05) is 66.7 Å². The molecule has 0 spiro atoms. The van der Waals surface area contributed by atoms with E-state index in [1.165, 1.54) is 0 Å². The Morgan fingerprint density at radius 1 is 0.844 bits per heavy atom. The van der Waals surface area contributed by atoms with E-state index in [-0.39, 0.29) is 5.91 Å². The molecule has 2 N–H and O–H groups in total. The van der Waals surface area contributed by atoms with Gasteiger partial charge in [0.05, 0.1) is 6.21 Å². The summed E-state index contributed by atoms with van der Waals surface area (Å²) in [6.07, 6.45) is 2.10. The minimum Gasteiger partial charge on any atom is -0.294 e. The van der Waals surface area contributed by atoms with E-state index in [2.05, 4.69) is 57.5 Å². The Hall–Kier alpha value is -4.25. The zero-order chi connectivity index (χ0) is 21.8. The first-order valence-electron chi connectivity index (χ1n) is 10.5. The van der Waals surface area contributed by atoms with E-state index in [4.69, 9.17) is 0 Å². The molecule has 5 rings (SSSR count). The fourth-order valence-electron chi connectivity index (χ4n) is 4.16. The standard InChI is InChI=1S/C27H22N4O/c32-26(30-28-19-21-12-9-11-20-10-7-8-17-24(20)21)25-18-27(31-29-25,22-13-3-1-4-14-22)23-15-5-2-6-16-23/h1-17,19,31H,18H2,(H,30,32). The Bertz CT molecular complexity index is 1270. The van der Waals surface area contributed by atoms with Gasteiger partial charge in [0, 0.05) is 12.0 Å². The molecule has 0 fully saturated rings. The van der Waals surface area contributed by atoms with Gasteiger partial charge < -0.3 is 0 Å². The molecule has 32 heavy (non-hydrogen) atoms. The van der Waals surface area contributed by atoms with Crippen LogP contribution in [0.15, 0.2) is 113 Å². The molecule has 1 heterocycles. The summed E-state index contributed by atoms with van der Waals surface area (Å²) in [5.41, 5.74) is 8.75. The summed E-state index contributed by atoms with van der Waals surface area (Å²) in [5, 5.41) is 10.8. The van der Waals surface area contributed by atoms with Crippen molar-refractivity contribution >= 4 is 28.6 Å². The molecule has 0 unspecified atom stereocenters. The van der Waals surface area contributed by atoms with Crippen molar-refractivity contribution in [2.75, 3.05) is 0 Å². The SMILES string of the molecule is O=C(NN=Cc1cccc2ccccc12)C1=NNC(c2ccccc2)(c2ccccc2)C1. The van der Waals surface area contributed by atoms with Crippen LogP contribution in [0.25, 0.3) is 10.8 Å². The summed E-state index contributed by atoms with van der Waals surface area (Å²) >= 11 is 0. The lowest BCUT2D eigenvalue weighted by Crippen LogP contribution is -2.38. The zero-order valence-electron chi connectivity index (χ0n) is 17.4. The van der Waals surface area contributed by atoms with Crippen LogP contribution >= 0.6 is 0 Å². The topological polar surface area (TPSA) is 65.8 Å². The van der Waals surface area contributed by atoms with Crippen molar-refractivity contribution in [3.8, 4) is 0 Å². The molecule has 1 aliphatic heterocycles. The third-order valence-electron chi connectivity index (χ3n) is 5.80. The minimum absolute atomic E-state index is 0.317. The van der Waals surface area contributed by atoms with Crippen molar-refractivity contribution in [2.45, 2.75) is 12.0 Å². The second-order valence-corrected chi connectivity index (χ2v) is 7.75. The smallest absolute Gasteiger partial charge is 0.287 e. The number of carbonyl (C=O) groups excluding carboxylic acids is 1. The predicted molar refractivity (Wildman–Crippen MR) is 129 cm³/mol. The Morgan fingerprint density at radius 3 is 2.19 bits per heavy atom. The number of hydrogen-bond acceptors (Lipinski definition) is 4. The highest BCUT2D eigenvalue weighted by Crippen LogP contribution is 2.36. The molecular weight excluding hydrogens is 396 g/mol. The van der Waals surface area contributed by atoms with Gasteiger partial charge >= 0.3 is 0 Å². The molecule has 0 saturated carbocycles. The van der Waals surface area contributed by atoms with E-state index in [0.717, 1.165) is 27.5 Å². The van der Waals surface area contributed by atoms with Gasteiger partial charge in [0.2, 0.25) is 0 Å². The molecule has 0 saturated heterocycles. The fraction of sp³-hybridized carbons (Fsp3) is 0.0741. The number of rotatable bonds is 5. The Balaban J connectivity index is 1.36. The van der Waals surface area contributed by atoms with Crippen molar-refractivity contribution in [2.24, 2.45) is 10.2 Å². The highest BCUT2D eigenvalue weighted by Gasteiger charge is 2.41. The molecule has 0 radical (unpaired) electrons. The number of amides is 1. The number of fused-ring (bicyclic) bond motifs is 1. The maximum Gasteiger partial charge on any atom is 0.287 e. The normalized spacial score (nSPS) is 14.8. The van der Waals surface area contributed by atoms with E-state index in [0.29, 0.717) is 12.1 Å². The van der Waals surface area contributed by atoms with E-state index in [9.17, 15) is 4.79 Å². The van der Waals surface area contributed by atoms with Crippen LogP contribution in [0, 0.1) is 0 Å². The van der Waals surface area contributed by atoms with E-state index < -0.39 is 5.54 Å². The number of hydrogen-bond donors (Lipinski definition) is 2. The van der Waals surface area contributed by atoms with Crippen LogP contribution in [0.2, 0.25) is 0 Å². The Morgan fingerprint density at radius 2 is 1.47 bits per heavy atom. The Labute approximate surface area is 186 Å². The summed E-state index contributed by atoms with van der Waals surface area (Å²) in [6.45, 7) is 0. The first-order chi connectivity index (χ1) is 15.8. The first kappa shape index (κ1) is 19.7. The monoisotopic (exact) mass is 418 g/mol. The van der Waals surface area contributed by atoms with Gasteiger partial charge in [-0.25, -0.2) is 5.43 Å². The molecule has 5 heteroatoms. The molecule has 4 aromatic rings. The average Bonchev–Trinajstić information content (AvgIpc) is 3.32. The quantitative estimate of drug-likeness (QED) is 0.368. The van der Waals surface area contributed by atoms with Gasteiger partial charge in [-0.15, -0.1) is 0 Å². The van der Waals surface area contributed by atoms with Crippen molar-refractivity contribution < 1.29 is 4.79 Å².